The molecule has 0 atom stereocenters. The molecule has 0 unspecified atom stereocenters. The lowest BCUT2D eigenvalue weighted by Crippen LogP contribution is -2.40. The molecule has 0 saturated heterocycles. The molecule has 0 bridgehead atoms. The number of aliphatic imine (C=N–C) groups is 1. The molecule has 0 amide bonds. The van der Waals surface area contributed by atoms with Gasteiger partial charge >= 0.3 is 0 Å². The average molecular weight is 288 g/mol. The number of nitrogens with two attached hydrogens (primary N) is 2. The number of rotatable bonds is 3. The van der Waals surface area contributed by atoms with Crippen LogP contribution in [0.2, 0.25) is 0 Å². The highest BCUT2D eigenvalue weighted by molar-refractivity contribution is 5.93. The monoisotopic (exact) mass is 288 g/mol. The van der Waals surface area contributed by atoms with Crippen molar-refractivity contribution in [2.75, 3.05) is 0 Å². The molecule has 7 nitrogen and oxygen atoms in total. The number of pyridine rings is 1. The summed E-state index contributed by atoms with van der Waals surface area (Å²) >= 11 is 0. The number of hydrogen-bond donors (Lipinski definition) is 3. The first kappa shape index (κ1) is 14.9. The van der Waals surface area contributed by atoms with Gasteiger partial charge < -0.3 is 15.6 Å². The first-order chi connectivity index (χ1) is 9.88. The molecule has 112 valence electrons. The van der Waals surface area contributed by atoms with Gasteiger partial charge in [0.1, 0.15) is 17.5 Å². The Morgan fingerprint density at radius 1 is 1.38 bits per heavy atom. The smallest absolute Gasteiger partial charge is 0.250 e. The maximum atomic E-state index is 11.4. The van der Waals surface area contributed by atoms with E-state index in [1.54, 1.807) is 25.4 Å². The quantitative estimate of drug-likeness (QED) is 0.685. The Hall–Kier alpha value is -2.54. The Morgan fingerprint density at radius 2 is 2.10 bits per heavy atom. The second-order valence-corrected chi connectivity index (χ2v) is 5.10. The van der Waals surface area contributed by atoms with Crippen molar-refractivity contribution in [1.82, 2.24) is 14.9 Å². The van der Waals surface area contributed by atoms with Crippen LogP contribution in [-0.2, 0) is 13.6 Å². The fourth-order valence-corrected chi connectivity index (χ4v) is 1.97. The third kappa shape index (κ3) is 3.32. The van der Waals surface area contributed by atoms with Gasteiger partial charge in [-0.1, -0.05) is 6.07 Å². The van der Waals surface area contributed by atoms with Crippen molar-refractivity contribution in [2.45, 2.75) is 20.4 Å². The molecule has 1 aromatic rings. The third-order valence-corrected chi connectivity index (χ3v) is 3.08. The summed E-state index contributed by atoms with van der Waals surface area (Å²) in [5.74, 6) is 7.71. The van der Waals surface area contributed by atoms with E-state index >= 15 is 0 Å². The summed E-state index contributed by atoms with van der Waals surface area (Å²) in [6.45, 7) is 4.36. The Bertz CT molecular complexity index is 694. The number of hydrogen-bond acceptors (Lipinski definition) is 6. The van der Waals surface area contributed by atoms with Gasteiger partial charge in [0.15, 0.2) is 0 Å². The van der Waals surface area contributed by atoms with E-state index in [-0.39, 0.29) is 5.56 Å². The number of amidine groups is 1. The van der Waals surface area contributed by atoms with E-state index < -0.39 is 0 Å². The van der Waals surface area contributed by atoms with Gasteiger partial charge in [0, 0.05) is 31.9 Å². The number of allylic oxidation sites excluding steroid dienone is 1. The number of nitrogens with zero attached hydrogens (tertiary/aromatic N) is 3. The van der Waals surface area contributed by atoms with Gasteiger partial charge in [0.25, 0.3) is 0 Å². The van der Waals surface area contributed by atoms with E-state index in [0.717, 1.165) is 11.1 Å². The van der Waals surface area contributed by atoms with Gasteiger partial charge in [-0.25, -0.2) is 15.8 Å². The van der Waals surface area contributed by atoms with Crippen LogP contribution in [0.5, 0.6) is 0 Å². The fraction of sp³-hybridized carbons (Fsp3) is 0.286. The summed E-state index contributed by atoms with van der Waals surface area (Å²) in [6.07, 6.45) is 3.45. The number of aryl methyl sites for hydroxylation is 1. The first-order valence-corrected chi connectivity index (χ1v) is 6.56. The Kier molecular flexibility index (Phi) is 4.13. The van der Waals surface area contributed by atoms with Crippen molar-refractivity contribution in [2.24, 2.45) is 23.6 Å². The van der Waals surface area contributed by atoms with Crippen molar-refractivity contribution < 1.29 is 0 Å². The first-order valence-electron chi connectivity index (χ1n) is 6.56. The molecule has 0 spiro atoms. The van der Waals surface area contributed by atoms with E-state index in [2.05, 4.69) is 10.3 Å². The Balaban J connectivity index is 2.16. The van der Waals surface area contributed by atoms with Gasteiger partial charge in [-0.2, -0.15) is 0 Å². The number of hydrazine groups is 1. The molecule has 0 saturated carbocycles. The van der Waals surface area contributed by atoms with E-state index in [0.29, 0.717) is 24.0 Å². The van der Waals surface area contributed by atoms with E-state index in [4.69, 9.17) is 11.6 Å². The van der Waals surface area contributed by atoms with Crippen LogP contribution in [0.25, 0.3) is 0 Å². The van der Waals surface area contributed by atoms with Gasteiger partial charge in [0.05, 0.1) is 0 Å². The van der Waals surface area contributed by atoms with Crippen molar-refractivity contribution in [3.05, 3.63) is 57.5 Å². The molecule has 5 N–H and O–H groups in total. The van der Waals surface area contributed by atoms with Crippen LogP contribution in [0, 0.1) is 0 Å². The van der Waals surface area contributed by atoms with Crippen LogP contribution < -0.4 is 22.5 Å². The molecule has 1 aromatic heterocycles. The normalized spacial score (nSPS) is 14.7. The van der Waals surface area contributed by atoms with E-state index in [1.807, 2.05) is 13.8 Å². The van der Waals surface area contributed by atoms with Crippen LogP contribution in [0.4, 0.5) is 0 Å². The van der Waals surface area contributed by atoms with Gasteiger partial charge in [-0.3, -0.25) is 4.79 Å². The summed E-state index contributed by atoms with van der Waals surface area (Å²) < 4.78 is 1.53. The lowest BCUT2D eigenvalue weighted by molar-refractivity contribution is 0.396. The highest BCUT2D eigenvalue weighted by atomic mass is 16.1. The number of nitrogens with one attached hydrogen (secondary N) is 1. The molecular formula is C14H20N6O. The van der Waals surface area contributed by atoms with Crippen LogP contribution in [0.3, 0.4) is 0 Å². The summed E-state index contributed by atoms with van der Waals surface area (Å²) in [4.78, 5) is 15.6. The molecule has 0 radical (unpaired) electrons. The zero-order valence-electron chi connectivity index (χ0n) is 12.4. The average Bonchev–Trinajstić information content (AvgIpc) is 2.42. The lowest BCUT2D eigenvalue weighted by atomic mass is 10.2. The zero-order valence-corrected chi connectivity index (χ0v) is 12.4. The third-order valence-electron chi connectivity index (χ3n) is 3.08. The lowest BCUT2D eigenvalue weighted by Gasteiger charge is -2.27. The minimum atomic E-state index is -0.0423. The van der Waals surface area contributed by atoms with E-state index in [1.165, 1.54) is 15.6 Å². The van der Waals surface area contributed by atoms with Crippen LogP contribution in [-0.4, -0.2) is 15.4 Å². The standard InChI is InChI=1S/C14H20N6O/c1-9(2)14-18-11(15)6-12(20(14)16)17-7-10-4-5-13(21)19(3)8-10/h4-6,8,17H,7,16H2,1-3H3,(H2,15,18). The topological polar surface area (TPSA) is 102 Å². The molecule has 1 aliphatic heterocycles. The largest absolute Gasteiger partial charge is 0.384 e. The predicted octanol–water partition coefficient (Wildman–Crippen LogP) is 0.114. The second-order valence-electron chi connectivity index (χ2n) is 5.10. The summed E-state index contributed by atoms with van der Waals surface area (Å²) in [5.41, 5.74) is 7.69. The van der Waals surface area contributed by atoms with Crippen LogP contribution in [0.1, 0.15) is 19.4 Å². The van der Waals surface area contributed by atoms with Gasteiger partial charge in [0.2, 0.25) is 5.56 Å². The molecule has 0 fully saturated rings. The Morgan fingerprint density at radius 3 is 2.71 bits per heavy atom. The molecule has 21 heavy (non-hydrogen) atoms. The van der Waals surface area contributed by atoms with Crippen LogP contribution in [0.15, 0.2) is 51.4 Å². The molecule has 0 aliphatic carbocycles. The van der Waals surface area contributed by atoms with Gasteiger partial charge in [-0.15, -0.1) is 0 Å². The zero-order chi connectivity index (χ0) is 15.6. The highest BCUT2D eigenvalue weighted by Gasteiger charge is 2.17. The maximum Gasteiger partial charge on any atom is 0.250 e. The van der Waals surface area contributed by atoms with E-state index in [9.17, 15) is 4.79 Å². The molecule has 1 aliphatic rings. The minimum Gasteiger partial charge on any atom is -0.384 e. The van der Waals surface area contributed by atoms with Crippen molar-refractivity contribution >= 4 is 5.84 Å². The summed E-state index contributed by atoms with van der Waals surface area (Å²) in [7, 11) is 1.72. The fourth-order valence-electron chi connectivity index (χ4n) is 1.97. The molecule has 7 heteroatoms. The van der Waals surface area contributed by atoms with Gasteiger partial charge in [-0.05, 0) is 25.0 Å². The predicted molar refractivity (Wildman–Crippen MR) is 82.6 cm³/mol. The maximum absolute atomic E-state index is 11.4. The van der Waals surface area contributed by atoms with Crippen molar-refractivity contribution in [1.29, 1.82) is 0 Å². The highest BCUT2D eigenvalue weighted by Crippen LogP contribution is 2.16. The summed E-state index contributed by atoms with van der Waals surface area (Å²) in [6, 6.07) is 3.31. The molecule has 0 aromatic carbocycles. The molecule has 2 heterocycles. The SMILES string of the molecule is CC(C)=C1N=C(N)C=C(NCc2ccc(=O)n(C)c2)N1N. The minimum absolute atomic E-state index is 0.0423. The Labute approximate surface area is 123 Å². The number of aromatic nitrogens is 1. The summed E-state index contributed by atoms with van der Waals surface area (Å²) in [5, 5.41) is 4.67. The second kappa shape index (κ2) is 5.84. The van der Waals surface area contributed by atoms with Crippen molar-refractivity contribution in [3.63, 3.8) is 0 Å². The molecular weight excluding hydrogens is 268 g/mol. The molecule has 2 rings (SSSR count). The van der Waals surface area contributed by atoms with Crippen LogP contribution >= 0.6 is 0 Å². The van der Waals surface area contributed by atoms with Crippen molar-refractivity contribution in [3.8, 4) is 0 Å².